The van der Waals surface area contributed by atoms with Crippen molar-refractivity contribution in [1.82, 2.24) is 10.2 Å². The van der Waals surface area contributed by atoms with Crippen LogP contribution in [0.5, 0.6) is 0 Å². The van der Waals surface area contributed by atoms with Crippen molar-refractivity contribution in [2.75, 3.05) is 19.6 Å². The molecule has 0 aromatic carbocycles. The molecule has 2 saturated carbocycles. The highest BCUT2D eigenvalue weighted by atomic mass is 15.3. The van der Waals surface area contributed by atoms with Crippen molar-refractivity contribution in [2.24, 2.45) is 11.8 Å². The van der Waals surface area contributed by atoms with Crippen LogP contribution in [0.4, 0.5) is 0 Å². The van der Waals surface area contributed by atoms with Crippen LogP contribution in [-0.4, -0.2) is 36.1 Å². The highest BCUT2D eigenvalue weighted by molar-refractivity contribution is 5.01. The first kappa shape index (κ1) is 15.8. The first-order valence-electron chi connectivity index (χ1n) is 9.67. The molecule has 2 nitrogen and oxygen atoms in total. The minimum Gasteiger partial charge on any atom is -0.314 e. The Labute approximate surface area is 132 Å². The van der Waals surface area contributed by atoms with Crippen LogP contribution in [0.3, 0.4) is 0 Å². The second-order valence-corrected chi connectivity index (χ2v) is 8.47. The number of rotatable bonds is 3. The smallest absolute Gasteiger partial charge is 0.0337 e. The molecular weight excluding hydrogens is 256 g/mol. The average molecular weight is 293 g/mol. The zero-order chi connectivity index (χ0) is 14.7. The molecule has 0 aromatic rings. The monoisotopic (exact) mass is 292 g/mol. The molecule has 1 heterocycles. The maximum atomic E-state index is 3.72. The Morgan fingerprint density at radius 3 is 2.67 bits per heavy atom. The fraction of sp³-hybridized carbons (Fsp3) is 1.00. The van der Waals surface area contributed by atoms with Gasteiger partial charge < -0.3 is 5.32 Å². The lowest BCUT2D eigenvalue weighted by molar-refractivity contribution is -0.0267. The van der Waals surface area contributed by atoms with E-state index in [1.54, 1.807) is 0 Å². The third-order valence-electron chi connectivity index (χ3n) is 6.38. The molecule has 0 amide bonds. The maximum absolute atomic E-state index is 3.72. The Bertz CT molecular complexity index is 311. The normalized spacial score (nSPS) is 34.4. The van der Waals surface area contributed by atoms with Crippen molar-refractivity contribution < 1.29 is 0 Å². The minimum absolute atomic E-state index is 0.529. The molecular formula is C19H36N2. The van der Waals surface area contributed by atoms with Crippen LogP contribution >= 0.6 is 0 Å². The second kappa shape index (κ2) is 7.00. The Morgan fingerprint density at radius 2 is 1.90 bits per heavy atom. The maximum Gasteiger partial charge on any atom is 0.0337 e. The van der Waals surface area contributed by atoms with E-state index < -0.39 is 0 Å². The molecule has 1 spiro atoms. The molecule has 3 rings (SSSR count). The highest BCUT2D eigenvalue weighted by Crippen LogP contribution is 2.40. The third kappa shape index (κ3) is 3.64. The summed E-state index contributed by atoms with van der Waals surface area (Å²) in [5.41, 5.74) is 0.529. The Morgan fingerprint density at radius 1 is 1.10 bits per heavy atom. The van der Waals surface area contributed by atoms with Crippen molar-refractivity contribution >= 4 is 0 Å². The number of piperazine rings is 1. The van der Waals surface area contributed by atoms with Gasteiger partial charge in [-0.15, -0.1) is 0 Å². The summed E-state index contributed by atoms with van der Waals surface area (Å²) in [7, 11) is 0. The van der Waals surface area contributed by atoms with Crippen LogP contribution in [0.25, 0.3) is 0 Å². The predicted octanol–water partition coefficient (Wildman–Crippen LogP) is 4.20. The fourth-order valence-electron chi connectivity index (χ4n) is 5.53. The van der Waals surface area contributed by atoms with Crippen molar-refractivity contribution in [3.05, 3.63) is 0 Å². The van der Waals surface area contributed by atoms with Crippen molar-refractivity contribution in [3.63, 3.8) is 0 Å². The van der Waals surface area contributed by atoms with Gasteiger partial charge in [-0.2, -0.15) is 0 Å². The first-order valence-corrected chi connectivity index (χ1v) is 9.67. The molecule has 3 aliphatic rings. The summed E-state index contributed by atoms with van der Waals surface area (Å²) in [5, 5.41) is 3.72. The number of hydrogen-bond donors (Lipinski definition) is 1. The fourth-order valence-corrected chi connectivity index (χ4v) is 5.53. The summed E-state index contributed by atoms with van der Waals surface area (Å²) in [5.74, 6) is 1.87. The Kier molecular flexibility index (Phi) is 5.27. The molecule has 1 aliphatic heterocycles. The SMILES string of the molecule is CC(C)CC1CCCC(N2CCNCC23CCCCC3)C1. The topological polar surface area (TPSA) is 15.3 Å². The lowest BCUT2D eigenvalue weighted by Crippen LogP contribution is -2.65. The summed E-state index contributed by atoms with van der Waals surface area (Å²) in [6.07, 6.45) is 14.7. The van der Waals surface area contributed by atoms with Gasteiger partial charge in [-0.05, 0) is 43.9 Å². The van der Waals surface area contributed by atoms with Crippen LogP contribution in [-0.2, 0) is 0 Å². The van der Waals surface area contributed by atoms with E-state index >= 15 is 0 Å². The average Bonchev–Trinajstić information content (AvgIpc) is 2.48. The van der Waals surface area contributed by atoms with E-state index in [0.29, 0.717) is 5.54 Å². The number of nitrogens with zero attached hydrogens (tertiary/aromatic N) is 1. The molecule has 3 fully saturated rings. The summed E-state index contributed by atoms with van der Waals surface area (Å²) in [6, 6.07) is 0.891. The first-order chi connectivity index (χ1) is 10.2. The van der Waals surface area contributed by atoms with Gasteiger partial charge in [0, 0.05) is 31.2 Å². The predicted molar refractivity (Wildman–Crippen MR) is 90.6 cm³/mol. The molecule has 1 saturated heterocycles. The van der Waals surface area contributed by atoms with Gasteiger partial charge in [0.15, 0.2) is 0 Å². The van der Waals surface area contributed by atoms with Gasteiger partial charge in [0.25, 0.3) is 0 Å². The zero-order valence-corrected chi connectivity index (χ0v) is 14.4. The van der Waals surface area contributed by atoms with E-state index in [-0.39, 0.29) is 0 Å². The Balaban J connectivity index is 1.67. The van der Waals surface area contributed by atoms with Crippen LogP contribution in [0.2, 0.25) is 0 Å². The summed E-state index contributed by atoms with van der Waals surface area (Å²) < 4.78 is 0. The second-order valence-electron chi connectivity index (χ2n) is 8.47. The van der Waals surface area contributed by atoms with Crippen LogP contribution in [0, 0.1) is 11.8 Å². The summed E-state index contributed by atoms with van der Waals surface area (Å²) in [6.45, 7) is 8.58. The zero-order valence-electron chi connectivity index (χ0n) is 14.4. The van der Waals surface area contributed by atoms with Crippen molar-refractivity contribution in [3.8, 4) is 0 Å². The molecule has 0 aromatic heterocycles. The van der Waals surface area contributed by atoms with Crippen molar-refractivity contribution in [2.45, 2.75) is 89.6 Å². The van der Waals surface area contributed by atoms with E-state index in [9.17, 15) is 0 Å². The summed E-state index contributed by atoms with van der Waals surface area (Å²) >= 11 is 0. The number of hydrogen-bond acceptors (Lipinski definition) is 2. The van der Waals surface area contributed by atoms with Gasteiger partial charge >= 0.3 is 0 Å². The number of nitrogens with one attached hydrogen (secondary N) is 1. The van der Waals surface area contributed by atoms with Crippen LogP contribution in [0.15, 0.2) is 0 Å². The quantitative estimate of drug-likeness (QED) is 0.838. The largest absolute Gasteiger partial charge is 0.314 e. The van der Waals surface area contributed by atoms with E-state index in [0.717, 1.165) is 17.9 Å². The third-order valence-corrected chi connectivity index (χ3v) is 6.38. The molecule has 0 bridgehead atoms. The Hall–Kier alpha value is -0.0800. The molecule has 2 aliphatic carbocycles. The van der Waals surface area contributed by atoms with Crippen LogP contribution < -0.4 is 5.32 Å². The lowest BCUT2D eigenvalue weighted by Gasteiger charge is -2.54. The van der Waals surface area contributed by atoms with E-state index in [4.69, 9.17) is 0 Å². The van der Waals surface area contributed by atoms with E-state index in [1.807, 2.05) is 0 Å². The minimum atomic E-state index is 0.529. The molecule has 1 N–H and O–H groups in total. The molecule has 0 radical (unpaired) electrons. The van der Waals surface area contributed by atoms with Gasteiger partial charge in [0.05, 0.1) is 0 Å². The lowest BCUT2D eigenvalue weighted by atomic mass is 9.74. The van der Waals surface area contributed by atoms with Crippen LogP contribution in [0.1, 0.15) is 78.1 Å². The molecule has 2 heteroatoms. The molecule has 122 valence electrons. The van der Waals surface area contributed by atoms with Gasteiger partial charge in [-0.25, -0.2) is 0 Å². The van der Waals surface area contributed by atoms with E-state index in [1.165, 1.54) is 83.8 Å². The molecule has 2 atom stereocenters. The summed E-state index contributed by atoms with van der Waals surface area (Å²) in [4.78, 5) is 3.00. The van der Waals surface area contributed by atoms with Gasteiger partial charge in [0.1, 0.15) is 0 Å². The molecule has 2 unspecified atom stereocenters. The molecule has 21 heavy (non-hydrogen) atoms. The standard InChI is InChI=1S/C19H36N2/c1-16(2)13-17-7-6-8-18(14-17)21-12-11-20-15-19(21)9-4-3-5-10-19/h16-18,20H,3-15H2,1-2H3. The van der Waals surface area contributed by atoms with Crippen molar-refractivity contribution in [1.29, 1.82) is 0 Å². The highest BCUT2D eigenvalue weighted by Gasteiger charge is 2.43. The van der Waals surface area contributed by atoms with Gasteiger partial charge in [-0.3, -0.25) is 4.90 Å². The van der Waals surface area contributed by atoms with Gasteiger partial charge in [0.2, 0.25) is 0 Å². The van der Waals surface area contributed by atoms with Gasteiger partial charge in [-0.1, -0.05) is 46.0 Å². The van der Waals surface area contributed by atoms with E-state index in [2.05, 4.69) is 24.1 Å².